The van der Waals surface area contributed by atoms with Crippen molar-refractivity contribution in [1.82, 2.24) is 10.0 Å². The summed E-state index contributed by atoms with van der Waals surface area (Å²) in [5, 5.41) is 3.45. The summed E-state index contributed by atoms with van der Waals surface area (Å²) in [6.45, 7) is 5.40. The maximum atomic E-state index is 12.0. The van der Waals surface area contributed by atoms with E-state index in [0.29, 0.717) is 17.4 Å². The molecule has 0 aromatic heterocycles. The van der Waals surface area contributed by atoms with Gasteiger partial charge in [0.2, 0.25) is 10.0 Å². The molecule has 1 aromatic rings. The second-order valence-corrected chi connectivity index (χ2v) is 7.64. The van der Waals surface area contributed by atoms with Crippen LogP contribution in [-0.2, 0) is 16.4 Å². The van der Waals surface area contributed by atoms with E-state index in [1.807, 2.05) is 26.0 Å². The molecule has 1 fully saturated rings. The van der Waals surface area contributed by atoms with Crippen LogP contribution in [0, 0.1) is 5.92 Å². The van der Waals surface area contributed by atoms with Gasteiger partial charge in [-0.3, -0.25) is 0 Å². The van der Waals surface area contributed by atoms with Crippen molar-refractivity contribution in [1.29, 1.82) is 0 Å². The minimum atomic E-state index is -3.36. The highest BCUT2D eigenvalue weighted by Gasteiger charge is 2.19. The number of sulfonamides is 1. The van der Waals surface area contributed by atoms with Crippen LogP contribution in [0.2, 0.25) is 0 Å². The first-order valence-electron chi connectivity index (χ1n) is 7.29. The second kappa shape index (κ2) is 6.70. The normalized spacial score (nSPS) is 15.8. The van der Waals surface area contributed by atoms with Crippen LogP contribution in [0.15, 0.2) is 29.2 Å². The predicted molar refractivity (Wildman–Crippen MR) is 81.2 cm³/mol. The van der Waals surface area contributed by atoms with Gasteiger partial charge in [-0.15, -0.1) is 0 Å². The molecule has 1 aliphatic rings. The molecule has 0 amide bonds. The molecule has 0 spiro atoms. The molecule has 1 aromatic carbocycles. The molecule has 0 radical (unpaired) electrons. The molecule has 2 N–H and O–H groups in total. The molecule has 20 heavy (non-hydrogen) atoms. The summed E-state index contributed by atoms with van der Waals surface area (Å²) < 4.78 is 26.7. The Hall–Kier alpha value is -0.910. The van der Waals surface area contributed by atoms with Gasteiger partial charge in [-0.1, -0.05) is 26.0 Å². The Balaban J connectivity index is 1.88. The van der Waals surface area contributed by atoms with Crippen LogP contribution in [-0.4, -0.2) is 27.5 Å². The van der Waals surface area contributed by atoms with Crippen molar-refractivity contribution < 1.29 is 8.42 Å². The largest absolute Gasteiger partial charge is 0.314 e. The maximum absolute atomic E-state index is 12.0. The van der Waals surface area contributed by atoms with Gasteiger partial charge in [-0.2, -0.15) is 0 Å². The van der Waals surface area contributed by atoms with E-state index in [9.17, 15) is 8.42 Å². The fraction of sp³-hybridized carbons (Fsp3) is 0.600. The van der Waals surface area contributed by atoms with Crippen molar-refractivity contribution in [2.24, 2.45) is 5.92 Å². The average Bonchev–Trinajstić information content (AvgIpc) is 3.21. The Bertz CT molecular complexity index is 519. The first-order valence-corrected chi connectivity index (χ1v) is 8.77. The zero-order valence-electron chi connectivity index (χ0n) is 12.2. The smallest absolute Gasteiger partial charge is 0.240 e. The molecule has 0 heterocycles. The van der Waals surface area contributed by atoms with E-state index in [1.165, 1.54) is 18.4 Å². The number of nitrogens with one attached hydrogen (secondary N) is 2. The van der Waals surface area contributed by atoms with E-state index in [-0.39, 0.29) is 0 Å². The third-order valence-corrected chi connectivity index (χ3v) is 4.78. The molecule has 1 aliphatic carbocycles. The maximum Gasteiger partial charge on any atom is 0.240 e. The van der Waals surface area contributed by atoms with Gasteiger partial charge in [0.25, 0.3) is 0 Å². The monoisotopic (exact) mass is 296 g/mol. The van der Waals surface area contributed by atoms with Crippen LogP contribution in [0.5, 0.6) is 0 Å². The summed E-state index contributed by atoms with van der Waals surface area (Å²) in [4.78, 5) is 0.344. The van der Waals surface area contributed by atoms with Gasteiger partial charge >= 0.3 is 0 Å². The highest BCUT2D eigenvalue weighted by molar-refractivity contribution is 7.89. The van der Waals surface area contributed by atoms with Crippen molar-refractivity contribution in [3.63, 3.8) is 0 Å². The molecule has 2 rings (SSSR count). The summed E-state index contributed by atoms with van der Waals surface area (Å²) in [5.41, 5.74) is 1.17. The van der Waals surface area contributed by atoms with E-state index in [0.717, 1.165) is 19.0 Å². The fourth-order valence-corrected chi connectivity index (χ4v) is 3.12. The van der Waals surface area contributed by atoms with Crippen molar-refractivity contribution in [2.45, 2.75) is 44.0 Å². The summed E-state index contributed by atoms with van der Waals surface area (Å²) in [6.07, 6.45) is 3.52. The van der Waals surface area contributed by atoms with Crippen LogP contribution < -0.4 is 10.0 Å². The van der Waals surface area contributed by atoms with Gasteiger partial charge in [0.1, 0.15) is 0 Å². The summed E-state index contributed by atoms with van der Waals surface area (Å²) in [7, 11) is -3.36. The van der Waals surface area contributed by atoms with Gasteiger partial charge in [0.15, 0.2) is 0 Å². The quantitative estimate of drug-likeness (QED) is 0.770. The molecular formula is C15H24N2O2S. The number of hydrogen-bond donors (Lipinski definition) is 2. The van der Waals surface area contributed by atoms with Crippen LogP contribution in [0.4, 0.5) is 0 Å². The fourth-order valence-electron chi connectivity index (χ4n) is 1.90. The summed E-state index contributed by atoms with van der Waals surface area (Å²) in [5.74, 6) is 0.303. The lowest BCUT2D eigenvalue weighted by atomic mass is 10.1. The minimum Gasteiger partial charge on any atom is -0.314 e. The Kier molecular flexibility index (Phi) is 5.18. The van der Waals surface area contributed by atoms with E-state index >= 15 is 0 Å². The Labute approximate surface area is 122 Å². The Morgan fingerprint density at radius 1 is 1.20 bits per heavy atom. The SMILES string of the molecule is CC(C)CNS(=O)(=O)c1ccc(CCNC2CC2)cc1. The van der Waals surface area contributed by atoms with Gasteiger partial charge in [-0.25, -0.2) is 13.1 Å². The van der Waals surface area contributed by atoms with Crippen molar-refractivity contribution in [2.75, 3.05) is 13.1 Å². The van der Waals surface area contributed by atoms with Crippen molar-refractivity contribution in [3.05, 3.63) is 29.8 Å². The van der Waals surface area contributed by atoms with E-state index < -0.39 is 10.0 Å². The van der Waals surface area contributed by atoms with Crippen molar-refractivity contribution >= 4 is 10.0 Å². The van der Waals surface area contributed by atoms with Gasteiger partial charge in [0.05, 0.1) is 4.90 Å². The average molecular weight is 296 g/mol. The molecule has 0 unspecified atom stereocenters. The van der Waals surface area contributed by atoms with E-state index in [1.54, 1.807) is 12.1 Å². The Morgan fingerprint density at radius 2 is 1.85 bits per heavy atom. The molecule has 4 nitrogen and oxygen atoms in total. The zero-order valence-corrected chi connectivity index (χ0v) is 13.0. The molecule has 0 atom stereocenters. The van der Waals surface area contributed by atoms with Gasteiger partial charge in [0, 0.05) is 12.6 Å². The van der Waals surface area contributed by atoms with E-state index in [4.69, 9.17) is 0 Å². The topological polar surface area (TPSA) is 58.2 Å². The van der Waals surface area contributed by atoms with Gasteiger partial charge < -0.3 is 5.32 Å². The third-order valence-electron chi connectivity index (χ3n) is 3.34. The van der Waals surface area contributed by atoms with Crippen molar-refractivity contribution in [3.8, 4) is 0 Å². The van der Waals surface area contributed by atoms with Crippen LogP contribution in [0.1, 0.15) is 32.3 Å². The number of hydrogen-bond acceptors (Lipinski definition) is 3. The first-order chi connectivity index (χ1) is 9.47. The third kappa shape index (κ3) is 4.89. The standard InChI is InChI=1S/C15H24N2O2S/c1-12(2)11-17-20(18,19)15-7-3-13(4-8-15)9-10-16-14-5-6-14/h3-4,7-8,12,14,16-17H,5-6,9-11H2,1-2H3. The highest BCUT2D eigenvalue weighted by atomic mass is 32.2. The zero-order chi connectivity index (χ0) is 14.6. The minimum absolute atomic E-state index is 0.303. The molecule has 0 bridgehead atoms. The van der Waals surface area contributed by atoms with Crippen LogP contribution >= 0.6 is 0 Å². The highest BCUT2D eigenvalue weighted by Crippen LogP contribution is 2.18. The number of benzene rings is 1. The molecule has 1 saturated carbocycles. The second-order valence-electron chi connectivity index (χ2n) is 5.87. The predicted octanol–water partition coefficient (Wildman–Crippen LogP) is 1.92. The van der Waals surface area contributed by atoms with Crippen LogP contribution in [0.3, 0.4) is 0 Å². The summed E-state index contributed by atoms with van der Waals surface area (Å²) in [6, 6.07) is 7.90. The van der Waals surface area contributed by atoms with Gasteiger partial charge in [-0.05, 0) is 49.4 Å². The lowest BCUT2D eigenvalue weighted by Crippen LogP contribution is -2.27. The number of rotatable bonds is 8. The Morgan fingerprint density at radius 3 is 2.40 bits per heavy atom. The van der Waals surface area contributed by atoms with E-state index in [2.05, 4.69) is 10.0 Å². The molecule has 0 saturated heterocycles. The molecule has 0 aliphatic heterocycles. The molecule has 112 valence electrons. The summed E-state index contributed by atoms with van der Waals surface area (Å²) >= 11 is 0. The lowest BCUT2D eigenvalue weighted by molar-refractivity contribution is 0.560. The molecular weight excluding hydrogens is 272 g/mol. The lowest BCUT2D eigenvalue weighted by Gasteiger charge is -2.09. The first kappa shape index (κ1) is 15.5. The van der Waals surface area contributed by atoms with Crippen LogP contribution in [0.25, 0.3) is 0 Å². The molecule has 5 heteroatoms.